The van der Waals surface area contributed by atoms with E-state index < -0.39 is 10.0 Å². The van der Waals surface area contributed by atoms with Gasteiger partial charge in [0.1, 0.15) is 5.75 Å². The molecule has 150 valence electrons. The number of hydrogen-bond donors (Lipinski definition) is 0. The molecule has 0 aromatic heterocycles. The van der Waals surface area contributed by atoms with Crippen LogP contribution in [0.15, 0.2) is 53.4 Å². The molecule has 1 amide bonds. The van der Waals surface area contributed by atoms with Crippen molar-refractivity contribution in [3.63, 3.8) is 0 Å². The first-order chi connectivity index (χ1) is 13.4. The van der Waals surface area contributed by atoms with Crippen molar-refractivity contribution < 1.29 is 17.9 Å². The lowest BCUT2D eigenvalue weighted by molar-refractivity contribution is -0.134. The molecule has 2 aromatic rings. The molecule has 3 rings (SSSR count). The number of anilines is 1. The highest BCUT2D eigenvalue weighted by Gasteiger charge is 2.21. The molecule has 1 fully saturated rings. The lowest BCUT2D eigenvalue weighted by Gasteiger charge is -2.26. The van der Waals surface area contributed by atoms with E-state index in [1.165, 1.54) is 29.9 Å². The van der Waals surface area contributed by atoms with Crippen LogP contribution in [0.2, 0.25) is 5.02 Å². The van der Waals surface area contributed by atoms with Gasteiger partial charge in [-0.2, -0.15) is 0 Å². The highest BCUT2D eigenvalue weighted by atomic mass is 35.5. The van der Waals surface area contributed by atoms with E-state index in [1.54, 1.807) is 36.4 Å². The standard InChI is InChI=1S/C20H23ClN2O4S/c1-22(28(25,26)19-11-5-16(21)6-12-19)17-7-9-18(10-8-17)27-15-20(24)23-13-3-2-4-14-23/h5-12H,2-4,13-15H2,1H3. The number of likely N-dealkylation sites (tertiary alicyclic amines) is 1. The summed E-state index contributed by atoms with van der Waals surface area (Å²) >= 11 is 5.83. The molecule has 6 nitrogen and oxygen atoms in total. The average Bonchev–Trinajstić information content (AvgIpc) is 2.73. The van der Waals surface area contributed by atoms with Gasteiger partial charge in [-0.25, -0.2) is 8.42 Å². The first-order valence-electron chi connectivity index (χ1n) is 9.13. The zero-order valence-corrected chi connectivity index (χ0v) is 17.2. The van der Waals surface area contributed by atoms with Crippen LogP contribution in [0.4, 0.5) is 5.69 Å². The van der Waals surface area contributed by atoms with Crippen LogP contribution in [-0.2, 0) is 14.8 Å². The summed E-state index contributed by atoms with van der Waals surface area (Å²) in [6.07, 6.45) is 3.24. The molecule has 0 aliphatic carbocycles. The molecule has 0 radical (unpaired) electrons. The minimum Gasteiger partial charge on any atom is -0.484 e. The summed E-state index contributed by atoms with van der Waals surface area (Å²) in [5.41, 5.74) is 0.490. The van der Waals surface area contributed by atoms with Gasteiger partial charge in [-0.3, -0.25) is 9.10 Å². The van der Waals surface area contributed by atoms with Crippen LogP contribution in [0.1, 0.15) is 19.3 Å². The zero-order valence-electron chi connectivity index (χ0n) is 15.7. The van der Waals surface area contributed by atoms with Gasteiger partial charge in [0.15, 0.2) is 6.61 Å². The number of carbonyl (C=O) groups excluding carboxylic acids is 1. The lowest BCUT2D eigenvalue weighted by atomic mass is 10.1. The highest BCUT2D eigenvalue weighted by Crippen LogP contribution is 2.25. The monoisotopic (exact) mass is 422 g/mol. The van der Waals surface area contributed by atoms with Crippen molar-refractivity contribution in [1.29, 1.82) is 0 Å². The molecule has 0 N–H and O–H groups in total. The molecule has 1 heterocycles. The Balaban J connectivity index is 1.63. The van der Waals surface area contributed by atoms with Gasteiger partial charge in [0.2, 0.25) is 0 Å². The number of rotatable bonds is 6. The average molecular weight is 423 g/mol. The predicted molar refractivity (Wildman–Crippen MR) is 109 cm³/mol. The number of benzene rings is 2. The molecular weight excluding hydrogens is 400 g/mol. The fourth-order valence-electron chi connectivity index (χ4n) is 3.04. The van der Waals surface area contributed by atoms with E-state index in [0.29, 0.717) is 16.5 Å². The summed E-state index contributed by atoms with van der Waals surface area (Å²) < 4.78 is 32.2. The first-order valence-corrected chi connectivity index (χ1v) is 10.9. The fraction of sp³-hybridized carbons (Fsp3) is 0.350. The zero-order chi connectivity index (χ0) is 20.1. The van der Waals surface area contributed by atoms with E-state index in [4.69, 9.17) is 16.3 Å². The molecule has 8 heteroatoms. The van der Waals surface area contributed by atoms with E-state index in [0.717, 1.165) is 25.9 Å². The van der Waals surface area contributed by atoms with Gasteiger partial charge in [-0.05, 0) is 67.8 Å². The SMILES string of the molecule is CN(c1ccc(OCC(=O)N2CCCCC2)cc1)S(=O)(=O)c1ccc(Cl)cc1. The van der Waals surface area contributed by atoms with Crippen molar-refractivity contribution in [2.75, 3.05) is 31.0 Å². The molecular formula is C20H23ClN2O4S. The van der Waals surface area contributed by atoms with Crippen molar-refractivity contribution in [3.05, 3.63) is 53.6 Å². The van der Waals surface area contributed by atoms with Gasteiger partial charge in [-0.15, -0.1) is 0 Å². The van der Waals surface area contributed by atoms with E-state index >= 15 is 0 Å². The van der Waals surface area contributed by atoms with Crippen molar-refractivity contribution in [2.45, 2.75) is 24.2 Å². The van der Waals surface area contributed by atoms with Crippen LogP contribution in [0.3, 0.4) is 0 Å². The van der Waals surface area contributed by atoms with E-state index in [1.807, 2.05) is 4.90 Å². The molecule has 28 heavy (non-hydrogen) atoms. The van der Waals surface area contributed by atoms with Crippen molar-refractivity contribution in [2.24, 2.45) is 0 Å². The summed E-state index contributed by atoms with van der Waals surface area (Å²) in [6.45, 7) is 1.56. The Morgan fingerprint density at radius 1 is 1.04 bits per heavy atom. The number of sulfonamides is 1. The minimum atomic E-state index is -3.69. The predicted octanol–water partition coefficient (Wildman–Crippen LogP) is 3.56. The highest BCUT2D eigenvalue weighted by molar-refractivity contribution is 7.92. The van der Waals surface area contributed by atoms with E-state index in [9.17, 15) is 13.2 Å². The second-order valence-electron chi connectivity index (χ2n) is 6.65. The maximum Gasteiger partial charge on any atom is 0.264 e. The summed E-state index contributed by atoms with van der Waals surface area (Å²) in [6, 6.07) is 12.6. The van der Waals surface area contributed by atoms with Crippen LogP contribution in [0.5, 0.6) is 5.75 Å². The van der Waals surface area contributed by atoms with Crippen LogP contribution < -0.4 is 9.04 Å². The molecule has 0 unspecified atom stereocenters. The molecule has 0 spiro atoms. The Morgan fingerprint density at radius 2 is 1.64 bits per heavy atom. The summed E-state index contributed by atoms with van der Waals surface area (Å²) in [7, 11) is -2.20. The van der Waals surface area contributed by atoms with Crippen molar-refractivity contribution in [1.82, 2.24) is 4.90 Å². The summed E-state index contributed by atoms with van der Waals surface area (Å²) in [5, 5.41) is 0.474. The number of ether oxygens (including phenoxy) is 1. The van der Waals surface area contributed by atoms with Crippen LogP contribution in [-0.4, -0.2) is 46.0 Å². The molecule has 0 atom stereocenters. The Labute approximate surface area is 170 Å². The van der Waals surface area contributed by atoms with Crippen LogP contribution >= 0.6 is 11.6 Å². The number of amides is 1. The number of carbonyl (C=O) groups is 1. The largest absolute Gasteiger partial charge is 0.484 e. The summed E-state index contributed by atoms with van der Waals surface area (Å²) in [4.78, 5) is 14.1. The van der Waals surface area contributed by atoms with Crippen LogP contribution in [0, 0.1) is 0 Å². The Morgan fingerprint density at radius 3 is 2.25 bits per heavy atom. The maximum absolute atomic E-state index is 12.7. The quantitative estimate of drug-likeness (QED) is 0.713. The third kappa shape index (κ3) is 4.77. The third-order valence-electron chi connectivity index (χ3n) is 4.74. The van der Waals surface area contributed by atoms with Gasteiger partial charge < -0.3 is 9.64 Å². The van der Waals surface area contributed by atoms with Gasteiger partial charge in [-0.1, -0.05) is 11.6 Å². The lowest BCUT2D eigenvalue weighted by Crippen LogP contribution is -2.38. The van der Waals surface area contributed by atoms with Crippen LogP contribution in [0.25, 0.3) is 0 Å². The molecule has 1 aliphatic rings. The van der Waals surface area contributed by atoms with Crippen molar-refractivity contribution >= 4 is 33.2 Å². The normalized spacial score (nSPS) is 14.6. The summed E-state index contributed by atoms with van der Waals surface area (Å²) in [5.74, 6) is 0.498. The second kappa shape index (κ2) is 8.84. The topological polar surface area (TPSA) is 66.9 Å². The number of hydrogen-bond acceptors (Lipinski definition) is 4. The second-order valence-corrected chi connectivity index (χ2v) is 9.06. The van der Waals surface area contributed by atoms with Gasteiger partial charge in [0, 0.05) is 25.2 Å². The third-order valence-corrected chi connectivity index (χ3v) is 6.80. The van der Waals surface area contributed by atoms with E-state index in [2.05, 4.69) is 0 Å². The molecule has 0 bridgehead atoms. The Hall–Kier alpha value is -2.25. The fourth-order valence-corrected chi connectivity index (χ4v) is 4.36. The molecule has 1 aliphatic heterocycles. The van der Waals surface area contributed by atoms with Gasteiger partial charge in [0.05, 0.1) is 10.6 Å². The molecule has 1 saturated heterocycles. The Bertz CT molecular complexity index is 908. The number of piperidine rings is 1. The van der Waals surface area contributed by atoms with Crippen molar-refractivity contribution in [3.8, 4) is 5.75 Å². The number of nitrogens with zero attached hydrogens (tertiary/aromatic N) is 2. The molecule has 2 aromatic carbocycles. The minimum absolute atomic E-state index is 0.0156. The van der Waals surface area contributed by atoms with Gasteiger partial charge >= 0.3 is 0 Å². The van der Waals surface area contributed by atoms with Gasteiger partial charge in [0.25, 0.3) is 15.9 Å². The number of halogens is 1. The Kier molecular flexibility index (Phi) is 6.46. The van der Waals surface area contributed by atoms with E-state index in [-0.39, 0.29) is 17.4 Å². The molecule has 0 saturated carbocycles. The maximum atomic E-state index is 12.7. The smallest absolute Gasteiger partial charge is 0.264 e. The first kappa shape index (κ1) is 20.5.